The summed E-state index contributed by atoms with van der Waals surface area (Å²) in [5.41, 5.74) is 1.11. The van der Waals surface area contributed by atoms with E-state index in [1.165, 1.54) is 11.2 Å². The quantitative estimate of drug-likeness (QED) is 0.783. The third kappa shape index (κ3) is 3.65. The topological polar surface area (TPSA) is 58.1 Å². The molecule has 3 rings (SSSR count). The molecule has 0 spiro atoms. The summed E-state index contributed by atoms with van der Waals surface area (Å²) in [5, 5.41) is 4.10. The van der Waals surface area contributed by atoms with E-state index in [1.54, 1.807) is 23.3 Å². The number of aryl methyl sites for hydroxylation is 1. The Balaban J connectivity index is 1.64. The lowest BCUT2D eigenvalue weighted by atomic mass is 10.2. The fourth-order valence-electron chi connectivity index (χ4n) is 2.36. The minimum Gasteiger partial charge on any atom is -0.360 e. The van der Waals surface area contributed by atoms with Gasteiger partial charge in [0.25, 0.3) is 0 Å². The third-order valence-electron chi connectivity index (χ3n) is 3.55. The molecule has 0 unspecified atom stereocenters. The van der Waals surface area contributed by atoms with E-state index in [9.17, 15) is 4.79 Å². The summed E-state index contributed by atoms with van der Waals surface area (Å²) in [7, 11) is 1.81. The van der Waals surface area contributed by atoms with Gasteiger partial charge in [-0.15, -0.1) is 11.3 Å². The fraction of sp³-hybridized carbons (Fsp3) is 0.235. The molecule has 2 aromatic heterocycles. The first-order chi connectivity index (χ1) is 11.1. The molecule has 6 heteroatoms. The number of nitrogens with one attached hydrogen (secondary N) is 1. The Morgan fingerprint density at radius 3 is 2.83 bits per heavy atom. The molecule has 0 saturated carbocycles. The van der Waals surface area contributed by atoms with E-state index in [-0.39, 0.29) is 12.5 Å². The van der Waals surface area contributed by atoms with E-state index in [1.807, 2.05) is 43.3 Å². The number of aromatic nitrogens is 2. The number of carbonyl (C=O) groups excluding carboxylic acids is 1. The van der Waals surface area contributed by atoms with Crippen molar-refractivity contribution in [1.82, 2.24) is 14.9 Å². The van der Waals surface area contributed by atoms with Crippen molar-refractivity contribution in [2.75, 3.05) is 18.9 Å². The van der Waals surface area contributed by atoms with Crippen LogP contribution in [-0.2, 0) is 11.3 Å². The van der Waals surface area contributed by atoms with Gasteiger partial charge in [-0.3, -0.25) is 4.79 Å². The van der Waals surface area contributed by atoms with Gasteiger partial charge in [0.15, 0.2) is 0 Å². The summed E-state index contributed by atoms with van der Waals surface area (Å²) in [4.78, 5) is 24.6. The standard InChI is InChI=1S/C17H18N4OS/c1-12-8-14-16(19-11-20-17(14)23-12)18-9-15(22)21(2)10-13-6-4-3-5-7-13/h3-8,11H,9-10H2,1-2H3,(H,18,19,20). The Hall–Kier alpha value is -2.47. The Morgan fingerprint density at radius 1 is 1.26 bits per heavy atom. The smallest absolute Gasteiger partial charge is 0.241 e. The zero-order valence-corrected chi connectivity index (χ0v) is 13.9. The largest absolute Gasteiger partial charge is 0.360 e. The van der Waals surface area contributed by atoms with Crippen molar-refractivity contribution in [1.29, 1.82) is 0 Å². The van der Waals surface area contributed by atoms with Gasteiger partial charge in [-0.1, -0.05) is 30.3 Å². The summed E-state index contributed by atoms with van der Waals surface area (Å²) in [6, 6.07) is 12.0. The van der Waals surface area contributed by atoms with Crippen molar-refractivity contribution < 1.29 is 4.79 Å². The molecule has 0 atom stereocenters. The maximum Gasteiger partial charge on any atom is 0.241 e. The van der Waals surface area contributed by atoms with Crippen LogP contribution in [0, 0.1) is 6.92 Å². The van der Waals surface area contributed by atoms with Gasteiger partial charge in [0, 0.05) is 18.5 Å². The first-order valence-corrected chi connectivity index (χ1v) is 8.18. The van der Waals surface area contributed by atoms with Gasteiger partial charge in [-0.2, -0.15) is 0 Å². The molecule has 23 heavy (non-hydrogen) atoms. The number of fused-ring (bicyclic) bond motifs is 1. The number of amides is 1. The number of rotatable bonds is 5. The molecule has 5 nitrogen and oxygen atoms in total. The number of carbonyl (C=O) groups is 1. The molecule has 0 aliphatic heterocycles. The van der Waals surface area contributed by atoms with E-state index in [0.717, 1.165) is 15.8 Å². The second kappa shape index (κ2) is 6.75. The second-order valence-electron chi connectivity index (χ2n) is 5.39. The van der Waals surface area contributed by atoms with Crippen LogP contribution in [0.4, 0.5) is 5.82 Å². The number of likely N-dealkylation sites (N-methyl/N-ethyl adjacent to an activating group) is 1. The first kappa shape index (κ1) is 15.4. The van der Waals surface area contributed by atoms with Gasteiger partial charge in [0.1, 0.15) is 17.0 Å². The monoisotopic (exact) mass is 326 g/mol. The van der Waals surface area contributed by atoms with Gasteiger partial charge in [0.05, 0.1) is 11.9 Å². The molecule has 1 aromatic carbocycles. The normalized spacial score (nSPS) is 10.7. The molecule has 0 bridgehead atoms. The molecule has 0 aliphatic rings. The molecular formula is C17H18N4OS. The summed E-state index contributed by atoms with van der Waals surface area (Å²) in [6.07, 6.45) is 1.53. The van der Waals surface area contributed by atoms with Crippen molar-refractivity contribution in [3.63, 3.8) is 0 Å². The Morgan fingerprint density at radius 2 is 2.04 bits per heavy atom. The molecule has 1 amide bonds. The van der Waals surface area contributed by atoms with Crippen LogP contribution in [0.2, 0.25) is 0 Å². The van der Waals surface area contributed by atoms with Crippen LogP contribution in [0.1, 0.15) is 10.4 Å². The predicted octanol–water partition coefficient (Wildman–Crippen LogP) is 3.07. The van der Waals surface area contributed by atoms with Gasteiger partial charge >= 0.3 is 0 Å². The lowest BCUT2D eigenvalue weighted by Crippen LogP contribution is -2.31. The highest BCUT2D eigenvalue weighted by atomic mass is 32.1. The summed E-state index contributed by atoms with van der Waals surface area (Å²) in [5.74, 6) is 0.730. The van der Waals surface area contributed by atoms with Crippen molar-refractivity contribution >= 4 is 33.3 Å². The highest BCUT2D eigenvalue weighted by Gasteiger charge is 2.11. The Labute approximate surface area is 139 Å². The van der Waals surface area contributed by atoms with Gasteiger partial charge < -0.3 is 10.2 Å². The van der Waals surface area contributed by atoms with Crippen LogP contribution in [0.3, 0.4) is 0 Å². The van der Waals surface area contributed by atoms with E-state index in [0.29, 0.717) is 12.4 Å². The SMILES string of the molecule is Cc1cc2c(NCC(=O)N(C)Cc3ccccc3)ncnc2s1. The van der Waals surface area contributed by atoms with Crippen molar-refractivity contribution in [3.8, 4) is 0 Å². The van der Waals surface area contributed by atoms with E-state index < -0.39 is 0 Å². The second-order valence-corrected chi connectivity index (χ2v) is 6.62. The molecule has 0 saturated heterocycles. The zero-order valence-electron chi connectivity index (χ0n) is 13.1. The molecule has 1 N–H and O–H groups in total. The number of anilines is 1. The minimum absolute atomic E-state index is 0.0209. The lowest BCUT2D eigenvalue weighted by molar-refractivity contribution is -0.128. The molecule has 2 heterocycles. The maximum absolute atomic E-state index is 12.3. The highest BCUT2D eigenvalue weighted by molar-refractivity contribution is 7.18. The van der Waals surface area contributed by atoms with E-state index in [4.69, 9.17) is 0 Å². The average molecular weight is 326 g/mol. The summed E-state index contributed by atoms with van der Waals surface area (Å²) in [6.45, 7) is 2.84. The van der Waals surface area contributed by atoms with Gasteiger partial charge in [-0.25, -0.2) is 9.97 Å². The molecule has 0 radical (unpaired) electrons. The van der Waals surface area contributed by atoms with Crippen LogP contribution in [0.25, 0.3) is 10.2 Å². The van der Waals surface area contributed by atoms with Crippen LogP contribution < -0.4 is 5.32 Å². The van der Waals surface area contributed by atoms with Crippen LogP contribution in [0.15, 0.2) is 42.7 Å². The molecule has 118 valence electrons. The Kier molecular flexibility index (Phi) is 4.52. The Bertz CT molecular complexity index is 816. The molecular weight excluding hydrogens is 308 g/mol. The van der Waals surface area contributed by atoms with Crippen molar-refractivity contribution in [2.24, 2.45) is 0 Å². The number of nitrogens with zero attached hydrogens (tertiary/aromatic N) is 3. The van der Waals surface area contributed by atoms with Gasteiger partial charge in [0.2, 0.25) is 5.91 Å². The predicted molar refractivity (Wildman–Crippen MR) is 93.6 cm³/mol. The minimum atomic E-state index is 0.0209. The van der Waals surface area contributed by atoms with Crippen LogP contribution in [0.5, 0.6) is 0 Å². The number of benzene rings is 1. The third-order valence-corrected chi connectivity index (χ3v) is 4.51. The van der Waals surface area contributed by atoms with Crippen molar-refractivity contribution in [2.45, 2.75) is 13.5 Å². The van der Waals surface area contributed by atoms with Crippen molar-refractivity contribution in [3.05, 3.63) is 53.2 Å². The molecule has 0 aliphatic carbocycles. The number of hydrogen-bond acceptors (Lipinski definition) is 5. The van der Waals surface area contributed by atoms with Crippen LogP contribution in [-0.4, -0.2) is 34.4 Å². The molecule has 0 fully saturated rings. The van der Waals surface area contributed by atoms with E-state index >= 15 is 0 Å². The molecule has 3 aromatic rings. The first-order valence-electron chi connectivity index (χ1n) is 7.36. The summed E-state index contributed by atoms with van der Waals surface area (Å²) < 4.78 is 0. The highest BCUT2D eigenvalue weighted by Crippen LogP contribution is 2.27. The zero-order chi connectivity index (χ0) is 16.2. The maximum atomic E-state index is 12.3. The number of thiophene rings is 1. The average Bonchev–Trinajstić information content (AvgIpc) is 2.94. The number of hydrogen-bond donors (Lipinski definition) is 1. The summed E-state index contributed by atoms with van der Waals surface area (Å²) >= 11 is 1.62. The van der Waals surface area contributed by atoms with Gasteiger partial charge in [-0.05, 0) is 18.6 Å². The van der Waals surface area contributed by atoms with E-state index in [2.05, 4.69) is 15.3 Å². The van der Waals surface area contributed by atoms with Crippen LogP contribution >= 0.6 is 11.3 Å². The fourth-order valence-corrected chi connectivity index (χ4v) is 3.20. The lowest BCUT2D eigenvalue weighted by Gasteiger charge is -2.17.